The fourth-order valence-electron chi connectivity index (χ4n) is 3.63. The third-order valence-electron chi connectivity index (χ3n) is 5.08. The minimum atomic E-state index is -0.421. The maximum absolute atomic E-state index is 12.5. The number of amides is 2. The molecule has 24 heavy (non-hydrogen) atoms. The minimum absolute atomic E-state index is 0.0687. The van der Waals surface area contributed by atoms with Gasteiger partial charge in [-0.05, 0) is 24.3 Å². The second kappa shape index (κ2) is 7.63. The summed E-state index contributed by atoms with van der Waals surface area (Å²) in [6.45, 7) is 5.89. The molecule has 2 fully saturated rings. The zero-order chi connectivity index (χ0) is 17.1. The van der Waals surface area contributed by atoms with Crippen LogP contribution in [0.2, 0.25) is 0 Å². The van der Waals surface area contributed by atoms with Crippen molar-refractivity contribution in [2.75, 3.05) is 39.3 Å². The van der Waals surface area contributed by atoms with Gasteiger partial charge in [-0.15, -0.1) is 11.3 Å². The molecule has 1 N–H and O–H groups in total. The molecule has 3 heterocycles. The van der Waals surface area contributed by atoms with Crippen LogP contribution < -0.4 is 0 Å². The molecule has 0 unspecified atom stereocenters. The molecule has 0 aliphatic carbocycles. The van der Waals surface area contributed by atoms with Crippen LogP contribution in [-0.4, -0.2) is 83.0 Å². The third-order valence-corrected chi connectivity index (χ3v) is 5.94. The zero-order valence-corrected chi connectivity index (χ0v) is 14.9. The summed E-state index contributed by atoms with van der Waals surface area (Å²) in [7, 11) is 0. The van der Waals surface area contributed by atoms with Crippen molar-refractivity contribution in [3.8, 4) is 0 Å². The molecular formula is C17H25N3O3S. The highest BCUT2D eigenvalue weighted by molar-refractivity contribution is 7.12. The Hall–Kier alpha value is -1.44. The first-order valence-electron chi connectivity index (χ1n) is 8.56. The smallest absolute Gasteiger partial charge is 0.263 e. The van der Waals surface area contributed by atoms with E-state index in [9.17, 15) is 14.7 Å². The van der Waals surface area contributed by atoms with Gasteiger partial charge in [0.25, 0.3) is 5.91 Å². The van der Waals surface area contributed by atoms with Gasteiger partial charge in [-0.1, -0.05) is 6.07 Å². The summed E-state index contributed by atoms with van der Waals surface area (Å²) in [5, 5.41) is 12.5. The Labute approximate surface area is 146 Å². The first kappa shape index (κ1) is 17.4. The van der Waals surface area contributed by atoms with E-state index in [2.05, 4.69) is 4.90 Å². The number of rotatable bonds is 2. The monoisotopic (exact) mass is 351 g/mol. The molecule has 1 aromatic rings. The molecule has 2 amide bonds. The van der Waals surface area contributed by atoms with Crippen molar-refractivity contribution in [2.45, 2.75) is 31.9 Å². The molecule has 7 heteroatoms. The molecule has 2 saturated heterocycles. The number of hydrogen-bond donors (Lipinski definition) is 1. The number of likely N-dealkylation sites (tertiary alicyclic amines) is 1. The van der Waals surface area contributed by atoms with Gasteiger partial charge in [0.1, 0.15) is 0 Å². The largest absolute Gasteiger partial charge is 0.391 e. The second-order valence-electron chi connectivity index (χ2n) is 6.52. The van der Waals surface area contributed by atoms with E-state index in [4.69, 9.17) is 0 Å². The lowest BCUT2D eigenvalue weighted by molar-refractivity contribution is -0.131. The quantitative estimate of drug-likeness (QED) is 0.859. The Morgan fingerprint density at radius 1 is 1.08 bits per heavy atom. The highest BCUT2D eigenvalue weighted by Gasteiger charge is 2.33. The van der Waals surface area contributed by atoms with Crippen molar-refractivity contribution in [1.82, 2.24) is 14.7 Å². The summed E-state index contributed by atoms with van der Waals surface area (Å²) in [5.74, 6) is 0.183. The average molecular weight is 351 g/mol. The van der Waals surface area contributed by atoms with Gasteiger partial charge in [-0.25, -0.2) is 0 Å². The molecule has 0 radical (unpaired) electrons. The molecule has 0 spiro atoms. The fraction of sp³-hybridized carbons (Fsp3) is 0.647. The van der Waals surface area contributed by atoms with E-state index in [-0.39, 0.29) is 17.9 Å². The van der Waals surface area contributed by atoms with Gasteiger partial charge in [-0.2, -0.15) is 0 Å². The van der Waals surface area contributed by atoms with E-state index in [1.807, 2.05) is 27.3 Å². The number of aliphatic hydroxyl groups excluding tert-OH is 1. The Morgan fingerprint density at radius 2 is 1.79 bits per heavy atom. The van der Waals surface area contributed by atoms with Crippen molar-refractivity contribution in [3.05, 3.63) is 22.4 Å². The Kier molecular flexibility index (Phi) is 5.53. The van der Waals surface area contributed by atoms with E-state index < -0.39 is 6.10 Å². The van der Waals surface area contributed by atoms with E-state index in [0.29, 0.717) is 19.5 Å². The summed E-state index contributed by atoms with van der Waals surface area (Å²) in [6, 6.07) is 3.81. The lowest BCUT2D eigenvalue weighted by atomic mass is 10.0. The summed E-state index contributed by atoms with van der Waals surface area (Å²) >= 11 is 1.46. The molecule has 2 aliphatic heterocycles. The van der Waals surface area contributed by atoms with Crippen LogP contribution in [-0.2, 0) is 4.79 Å². The van der Waals surface area contributed by atoms with E-state index >= 15 is 0 Å². The molecular weight excluding hydrogens is 326 g/mol. The summed E-state index contributed by atoms with van der Waals surface area (Å²) in [4.78, 5) is 30.7. The Bertz CT molecular complexity index is 570. The molecule has 0 aromatic carbocycles. The number of hydrogen-bond acceptors (Lipinski definition) is 5. The maximum atomic E-state index is 12.5. The van der Waals surface area contributed by atoms with Gasteiger partial charge >= 0.3 is 0 Å². The van der Waals surface area contributed by atoms with E-state index in [1.54, 1.807) is 6.92 Å². The van der Waals surface area contributed by atoms with Crippen LogP contribution in [0.25, 0.3) is 0 Å². The molecule has 2 aliphatic rings. The van der Waals surface area contributed by atoms with Crippen molar-refractivity contribution >= 4 is 23.2 Å². The van der Waals surface area contributed by atoms with Crippen LogP contribution in [0.3, 0.4) is 0 Å². The van der Waals surface area contributed by atoms with Crippen molar-refractivity contribution in [1.29, 1.82) is 0 Å². The predicted molar refractivity (Wildman–Crippen MR) is 93.1 cm³/mol. The molecule has 1 aromatic heterocycles. The predicted octanol–water partition coefficient (Wildman–Crippen LogP) is 0.878. The standard InChI is InChI=1S/C17H25N3O3S/c1-13(21)18-8-10-19(11-9-18)14-4-6-20(7-5-15(14)22)17(23)16-3-2-12-24-16/h2-3,12,14-15,22H,4-11H2,1H3/t14-,15-/m0/s1. The third kappa shape index (κ3) is 3.79. The van der Waals surface area contributed by atoms with Crippen molar-refractivity contribution in [2.24, 2.45) is 0 Å². The molecule has 6 nitrogen and oxygen atoms in total. The lowest BCUT2D eigenvalue weighted by Crippen LogP contribution is -2.54. The number of aliphatic hydroxyl groups is 1. The Balaban J connectivity index is 1.59. The van der Waals surface area contributed by atoms with Crippen LogP contribution in [0.15, 0.2) is 17.5 Å². The van der Waals surface area contributed by atoms with Gasteiger partial charge < -0.3 is 14.9 Å². The maximum Gasteiger partial charge on any atom is 0.263 e. The topological polar surface area (TPSA) is 64.1 Å². The van der Waals surface area contributed by atoms with Crippen molar-refractivity contribution in [3.63, 3.8) is 0 Å². The summed E-state index contributed by atoms with van der Waals surface area (Å²) in [6.07, 6.45) is 0.961. The minimum Gasteiger partial charge on any atom is -0.391 e. The first-order valence-corrected chi connectivity index (χ1v) is 9.44. The summed E-state index contributed by atoms with van der Waals surface area (Å²) < 4.78 is 0. The summed E-state index contributed by atoms with van der Waals surface area (Å²) in [5.41, 5.74) is 0. The Morgan fingerprint density at radius 3 is 2.42 bits per heavy atom. The van der Waals surface area contributed by atoms with Crippen molar-refractivity contribution < 1.29 is 14.7 Å². The zero-order valence-electron chi connectivity index (χ0n) is 14.1. The number of carbonyl (C=O) groups excluding carboxylic acids is 2. The normalized spacial score (nSPS) is 26.2. The van der Waals surface area contributed by atoms with E-state index in [1.165, 1.54) is 11.3 Å². The lowest BCUT2D eigenvalue weighted by Gasteiger charge is -2.40. The van der Waals surface area contributed by atoms with Gasteiger partial charge in [0.05, 0.1) is 11.0 Å². The van der Waals surface area contributed by atoms with Crippen LogP contribution in [0.5, 0.6) is 0 Å². The highest BCUT2D eigenvalue weighted by Crippen LogP contribution is 2.21. The average Bonchev–Trinajstić information content (AvgIpc) is 3.05. The molecule has 0 saturated carbocycles. The number of nitrogens with zero attached hydrogens (tertiary/aromatic N) is 3. The molecule has 0 bridgehead atoms. The number of piperazine rings is 1. The number of thiophene rings is 1. The SMILES string of the molecule is CC(=O)N1CCN([C@H]2CCN(C(=O)c3cccs3)CC[C@@H]2O)CC1. The van der Waals surface area contributed by atoms with Crippen LogP contribution in [0, 0.1) is 0 Å². The van der Waals surface area contributed by atoms with Gasteiger partial charge in [0.2, 0.25) is 5.91 Å². The first-order chi connectivity index (χ1) is 11.6. The second-order valence-corrected chi connectivity index (χ2v) is 7.47. The molecule has 132 valence electrons. The number of carbonyl (C=O) groups is 2. The highest BCUT2D eigenvalue weighted by atomic mass is 32.1. The fourth-order valence-corrected chi connectivity index (χ4v) is 4.32. The van der Waals surface area contributed by atoms with Gasteiger partial charge in [-0.3, -0.25) is 14.5 Å². The van der Waals surface area contributed by atoms with Gasteiger partial charge in [0.15, 0.2) is 0 Å². The molecule has 2 atom stereocenters. The van der Waals surface area contributed by atoms with Crippen LogP contribution >= 0.6 is 11.3 Å². The van der Waals surface area contributed by atoms with Crippen LogP contribution in [0.1, 0.15) is 29.4 Å². The van der Waals surface area contributed by atoms with E-state index in [0.717, 1.165) is 37.5 Å². The molecule has 3 rings (SSSR count). The van der Waals surface area contributed by atoms with Crippen LogP contribution in [0.4, 0.5) is 0 Å². The van der Waals surface area contributed by atoms with Gasteiger partial charge in [0, 0.05) is 52.2 Å².